The maximum Gasteiger partial charge on any atom is 0.123 e. The Bertz CT molecular complexity index is 761. The van der Waals surface area contributed by atoms with E-state index in [1.165, 1.54) is 16.0 Å². The molecule has 5 heteroatoms. The number of hydrogen-bond donors (Lipinski definition) is 1. The molecule has 3 nitrogen and oxygen atoms in total. The van der Waals surface area contributed by atoms with Gasteiger partial charge in [0.1, 0.15) is 10.8 Å². The summed E-state index contributed by atoms with van der Waals surface area (Å²) in [6, 6.07) is 10.6. The van der Waals surface area contributed by atoms with E-state index in [1.54, 1.807) is 29.8 Å². The summed E-state index contributed by atoms with van der Waals surface area (Å²) >= 11 is 3.53. The summed E-state index contributed by atoms with van der Waals surface area (Å²) in [5.41, 5.74) is 3.65. The van der Waals surface area contributed by atoms with Crippen LogP contribution in [0.4, 0.5) is 0 Å². The van der Waals surface area contributed by atoms with Crippen molar-refractivity contribution in [2.75, 3.05) is 7.11 Å². The van der Waals surface area contributed by atoms with Crippen LogP contribution in [0.15, 0.2) is 41.1 Å². The average molecular weight is 359 g/mol. The number of aryl methyl sites for hydroxylation is 2. The number of benzene rings is 1. The van der Waals surface area contributed by atoms with Crippen LogP contribution in [0.3, 0.4) is 0 Å². The molecule has 0 bridgehead atoms. The molecule has 2 aromatic heterocycles. The van der Waals surface area contributed by atoms with Crippen LogP contribution in [0.2, 0.25) is 0 Å². The molecule has 0 amide bonds. The lowest BCUT2D eigenvalue weighted by Gasteiger charge is -2.17. The molecule has 0 aliphatic heterocycles. The average Bonchev–Trinajstić information content (AvgIpc) is 3.22. The minimum atomic E-state index is 0.210. The third kappa shape index (κ3) is 4.04. The Kier molecular flexibility index (Phi) is 5.66. The second-order valence-electron chi connectivity index (χ2n) is 5.77. The Labute approximate surface area is 151 Å². The highest BCUT2D eigenvalue weighted by Crippen LogP contribution is 2.27. The van der Waals surface area contributed by atoms with Gasteiger partial charge < -0.3 is 10.1 Å². The van der Waals surface area contributed by atoms with Gasteiger partial charge in [-0.3, -0.25) is 0 Å². The van der Waals surface area contributed by atoms with E-state index in [9.17, 15) is 0 Å². The predicted octanol–water partition coefficient (Wildman–Crippen LogP) is 4.90. The lowest BCUT2D eigenvalue weighted by Crippen LogP contribution is -2.23. The molecular formula is C19H22N2OS2. The van der Waals surface area contributed by atoms with Crippen molar-refractivity contribution in [2.45, 2.75) is 32.9 Å². The van der Waals surface area contributed by atoms with E-state index in [0.717, 1.165) is 29.4 Å². The van der Waals surface area contributed by atoms with Gasteiger partial charge in [-0.15, -0.1) is 11.3 Å². The highest BCUT2D eigenvalue weighted by molar-refractivity contribution is 7.11. The van der Waals surface area contributed by atoms with Crippen molar-refractivity contribution < 1.29 is 4.74 Å². The van der Waals surface area contributed by atoms with Crippen molar-refractivity contribution in [3.63, 3.8) is 0 Å². The monoisotopic (exact) mass is 358 g/mol. The molecule has 1 atom stereocenters. The Morgan fingerprint density at radius 3 is 2.71 bits per heavy atom. The number of aromatic nitrogens is 1. The second-order valence-corrected chi connectivity index (χ2v) is 7.79. The molecule has 3 rings (SSSR count). The second kappa shape index (κ2) is 7.92. The fourth-order valence-corrected chi connectivity index (χ4v) is 4.30. The van der Waals surface area contributed by atoms with Gasteiger partial charge >= 0.3 is 0 Å². The maximum atomic E-state index is 5.46. The van der Waals surface area contributed by atoms with Crippen LogP contribution in [0, 0.1) is 13.8 Å². The van der Waals surface area contributed by atoms with Gasteiger partial charge in [-0.1, -0.05) is 18.2 Å². The molecule has 24 heavy (non-hydrogen) atoms. The van der Waals surface area contributed by atoms with Gasteiger partial charge in [0.25, 0.3) is 0 Å². The van der Waals surface area contributed by atoms with Crippen LogP contribution in [0.25, 0.3) is 0 Å². The summed E-state index contributed by atoms with van der Waals surface area (Å²) in [7, 11) is 1.72. The van der Waals surface area contributed by atoms with Crippen molar-refractivity contribution in [2.24, 2.45) is 0 Å². The van der Waals surface area contributed by atoms with E-state index in [1.807, 2.05) is 18.2 Å². The number of thiophene rings is 1. The van der Waals surface area contributed by atoms with Crippen molar-refractivity contribution in [3.8, 4) is 5.75 Å². The first kappa shape index (κ1) is 17.1. The Hall–Kier alpha value is -1.69. The molecule has 1 aromatic carbocycles. The lowest BCUT2D eigenvalue weighted by atomic mass is 10.1. The van der Waals surface area contributed by atoms with E-state index < -0.39 is 0 Å². The van der Waals surface area contributed by atoms with Gasteiger partial charge in [0.05, 0.1) is 18.8 Å². The van der Waals surface area contributed by atoms with Gasteiger partial charge in [0.2, 0.25) is 0 Å². The third-order valence-electron chi connectivity index (χ3n) is 4.09. The van der Waals surface area contributed by atoms with Crippen LogP contribution in [-0.4, -0.2) is 12.1 Å². The van der Waals surface area contributed by atoms with Crippen LogP contribution >= 0.6 is 22.7 Å². The summed E-state index contributed by atoms with van der Waals surface area (Å²) in [4.78, 5) is 6.07. The summed E-state index contributed by atoms with van der Waals surface area (Å²) < 4.78 is 5.46. The zero-order chi connectivity index (χ0) is 16.9. The van der Waals surface area contributed by atoms with Gasteiger partial charge in [-0.25, -0.2) is 4.98 Å². The Balaban J connectivity index is 1.79. The molecule has 0 aliphatic carbocycles. The minimum Gasteiger partial charge on any atom is -0.496 e. The molecule has 0 saturated heterocycles. The molecule has 1 N–H and O–H groups in total. The Morgan fingerprint density at radius 2 is 2.04 bits per heavy atom. The number of rotatable bonds is 7. The molecule has 126 valence electrons. The molecule has 0 saturated carbocycles. The number of thiazole rings is 1. The van der Waals surface area contributed by atoms with Crippen molar-refractivity contribution >= 4 is 22.7 Å². The van der Waals surface area contributed by atoms with Gasteiger partial charge in [-0.05, 0) is 48.7 Å². The van der Waals surface area contributed by atoms with Crippen LogP contribution < -0.4 is 10.1 Å². The highest BCUT2D eigenvalue weighted by atomic mass is 32.1. The number of nitrogens with zero attached hydrogens (tertiary/aromatic N) is 1. The lowest BCUT2D eigenvalue weighted by molar-refractivity contribution is 0.405. The van der Waals surface area contributed by atoms with Crippen LogP contribution in [0.5, 0.6) is 5.75 Å². The molecule has 3 aromatic rings. The summed E-state index contributed by atoms with van der Waals surface area (Å²) in [5, 5.41) is 9.18. The van der Waals surface area contributed by atoms with Crippen molar-refractivity contribution in [3.05, 3.63) is 67.8 Å². The van der Waals surface area contributed by atoms with Crippen molar-refractivity contribution in [1.82, 2.24) is 10.3 Å². The number of hydrogen-bond acceptors (Lipinski definition) is 5. The zero-order valence-electron chi connectivity index (χ0n) is 14.2. The van der Waals surface area contributed by atoms with E-state index in [4.69, 9.17) is 9.72 Å². The standard InChI is InChI=1S/C19H22N2OS2/c1-13-14(2)24-19(21-13)17(10-15-8-9-23-12-15)20-11-16-6-4-5-7-18(16)22-3/h4-9,12,17,20H,10-11H2,1-3H3/t17-/m0/s1. The SMILES string of the molecule is COc1ccccc1CN[C@@H](Cc1ccsc1)c1nc(C)c(C)s1. The number of ether oxygens (including phenoxy) is 1. The largest absolute Gasteiger partial charge is 0.496 e. The van der Waals surface area contributed by atoms with Gasteiger partial charge in [0, 0.05) is 17.0 Å². The van der Waals surface area contributed by atoms with E-state index >= 15 is 0 Å². The zero-order valence-corrected chi connectivity index (χ0v) is 15.8. The smallest absolute Gasteiger partial charge is 0.123 e. The van der Waals surface area contributed by atoms with E-state index in [2.05, 4.69) is 42.1 Å². The van der Waals surface area contributed by atoms with E-state index in [0.29, 0.717) is 0 Å². The predicted molar refractivity (Wildman–Crippen MR) is 102 cm³/mol. The molecule has 0 fully saturated rings. The first-order valence-corrected chi connectivity index (χ1v) is 9.73. The van der Waals surface area contributed by atoms with Gasteiger partial charge in [0.15, 0.2) is 0 Å². The number of methoxy groups -OCH3 is 1. The fourth-order valence-electron chi connectivity index (χ4n) is 2.62. The Morgan fingerprint density at radius 1 is 1.21 bits per heavy atom. The highest BCUT2D eigenvalue weighted by Gasteiger charge is 2.18. The van der Waals surface area contributed by atoms with Gasteiger partial charge in [-0.2, -0.15) is 11.3 Å². The molecule has 0 radical (unpaired) electrons. The molecule has 0 unspecified atom stereocenters. The number of para-hydroxylation sites is 1. The van der Waals surface area contributed by atoms with Crippen LogP contribution in [-0.2, 0) is 13.0 Å². The van der Waals surface area contributed by atoms with Crippen molar-refractivity contribution in [1.29, 1.82) is 0 Å². The summed E-state index contributed by atoms with van der Waals surface area (Å²) in [6.07, 6.45) is 0.949. The minimum absolute atomic E-state index is 0.210. The molecule has 0 aliphatic rings. The summed E-state index contributed by atoms with van der Waals surface area (Å²) in [6.45, 7) is 4.98. The molecule has 0 spiro atoms. The number of nitrogens with one attached hydrogen (secondary N) is 1. The third-order valence-corrected chi connectivity index (χ3v) is 6.01. The summed E-state index contributed by atoms with van der Waals surface area (Å²) in [5.74, 6) is 0.922. The quantitative estimate of drug-likeness (QED) is 0.652. The fraction of sp³-hybridized carbons (Fsp3) is 0.316. The molecule has 2 heterocycles. The first-order valence-electron chi connectivity index (χ1n) is 7.97. The maximum absolute atomic E-state index is 5.46. The van der Waals surface area contributed by atoms with Crippen LogP contribution in [0.1, 0.15) is 32.7 Å². The first-order chi connectivity index (χ1) is 11.7. The molecular weight excluding hydrogens is 336 g/mol. The normalized spacial score (nSPS) is 12.3. The topological polar surface area (TPSA) is 34.1 Å². The van der Waals surface area contributed by atoms with E-state index in [-0.39, 0.29) is 6.04 Å².